The first-order chi connectivity index (χ1) is 11.2. The molecule has 0 radical (unpaired) electrons. The number of ether oxygens (including phenoxy) is 1. The number of sulfonamides is 1. The third-order valence-corrected chi connectivity index (χ3v) is 5.89. The van der Waals surface area contributed by atoms with E-state index in [4.69, 9.17) is 10.5 Å². The van der Waals surface area contributed by atoms with Gasteiger partial charge in [0.05, 0.1) is 25.0 Å². The number of carbonyl (C=O) groups is 2. The maximum Gasteiger partial charge on any atom is 0.251 e. The third kappa shape index (κ3) is 4.31. The van der Waals surface area contributed by atoms with E-state index >= 15 is 0 Å². The number of nitrogens with two attached hydrogens (primary N) is 1. The molecule has 2 rings (SSSR count). The Balaban J connectivity index is 2.03. The fourth-order valence-corrected chi connectivity index (χ4v) is 3.55. The summed E-state index contributed by atoms with van der Waals surface area (Å²) in [5.74, 6) is -1.33. The Kier molecular flexibility index (Phi) is 5.58. The van der Waals surface area contributed by atoms with Crippen molar-refractivity contribution in [1.82, 2.24) is 9.62 Å². The fourth-order valence-electron chi connectivity index (χ4n) is 2.38. The molecule has 0 bridgehead atoms. The molecule has 3 N–H and O–H groups in total. The second-order valence-electron chi connectivity index (χ2n) is 5.88. The van der Waals surface area contributed by atoms with Crippen LogP contribution in [0.4, 0.5) is 0 Å². The normalized spacial score (nSPS) is 21.0. The van der Waals surface area contributed by atoms with Gasteiger partial charge >= 0.3 is 0 Å². The van der Waals surface area contributed by atoms with E-state index in [1.807, 2.05) is 0 Å². The number of hydrogen-bond donors (Lipinski definition) is 2. The number of hydrogen-bond acceptors (Lipinski definition) is 5. The second kappa shape index (κ2) is 7.29. The van der Waals surface area contributed by atoms with Gasteiger partial charge < -0.3 is 15.8 Å². The van der Waals surface area contributed by atoms with Gasteiger partial charge in [-0.3, -0.25) is 9.59 Å². The van der Waals surface area contributed by atoms with Crippen molar-refractivity contribution in [3.63, 3.8) is 0 Å². The molecule has 0 spiro atoms. The van der Waals surface area contributed by atoms with Crippen LogP contribution in [0.2, 0.25) is 0 Å². The Morgan fingerprint density at radius 1 is 1.21 bits per heavy atom. The SMILES string of the molecule is CN(C)S(=O)(=O)C[C@@H]1COC[C@H]1NC(=O)c1ccc(C(N)=O)cc1. The van der Waals surface area contributed by atoms with Crippen LogP contribution in [-0.2, 0) is 14.8 Å². The molecule has 132 valence electrons. The predicted octanol–water partition coefficient (Wildman–Crippen LogP) is -0.578. The summed E-state index contributed by atoms with van der Waals surface area (Å²) in [4.78, 5) is 23.3. The second-order valence-corrected chi connectivity index (χ2v) is 8.11. The Hall–Kier alpha value is -1.97. The summed E-state index contributed by atoms with van der Waals surface area (Å²) in [6.07, 6.45) is 0. The molecule has 1 heterocycles. The molecule has 8 nitrogen and oxygen atoms in total. The molecular formula is C15H21N3O5S. The summed E-state index contributed by atoms with van der Waals surface area (Å²) in [5, 5.41) is 2.79. The third-order valence-electron chi connectivity index (χ3n) is 3.93. The molecule has 1 aliphatic heterocycles. The van der Waals surface area contributed by atoms with Gasteiger partial charge in [-0.1, -0.05) is 0 Å². The number of nitrogens with zero attached hydrogens (tertiary/aromatic N) is 1. The summed E-state index contributed by atoms with van der Waals surface area (Å²) < 4.78 is 30.5. The van der Waals surface area contributed by atoms with Gasteiger partial charge in [-0.15, -0.1) is 0 Å². The van der Waals surface area contributed by atoms with Crippen molar-refractivity contribution >= 4 is 21.8 Å². The van der Waals surface area contributed by atoms with Crippen LogP contribution in [0.15, 0.2) is 24.3 Å². The average molecular weight is 355 g/mol. The summed E-state index contributed by atoms with van der Waals surface area (Å²) >= 11 is 0. The molecule has 1 aromatic carbocycles. The zero-order valence-electron chi connectivity index (χ0n) is 13.6. The molecule has 9 heteroatoms. The van der Waals surface area contributed by atoms with Crippen molar-refractivity contribution in [2.75, 3.05) is 33.1 Å². The monoisotopic (exact) mass is 355 g/mol. The van der Waals surface area contributed by atoms with Gasteiger partial charge in [-0.05, 0) is 24.3 Å². The maximum absolute atomic E-state index is 12.3. The van der Waals surface area contributed by atoms with Crippen LogP contribution < -0.4 is 11.1 Å². The zero-order chi connectivity index (χ0) is 17.9. The summed E-state index contributed by atoms with van der Waals surface area (Å²) in [7, 11) is -0.437. The largest absolute Gasteiger partial charge is 0.379 e. The van der Waals surface area contributed by atoms with Crippen molar-refractivity contribution in [3.8, 4) is 0 Å². The van der Waals surface area contributed by atoms with Crippen LogP contribution >= 0.6 is 0 Å². The first-order valence-electron chi connectivity index (χ1n) is 7.39. The van der Waals surface area contributed by atoms with E-state index in [1.54, 1.807) is 0 Å². The summed E-state index contributed by atoms with van der Waals surface area (Å²) in [6, 6.07) is 5.54. The van der Waals surface area contributed by atoms with Crippen molar-refractivity contribution in [2.24, 2.45) is 11.7 Å². The van der Waals surface area contributed by atoms with Crippen LogP contribution in [0.1, 0.15) is 20.7 Å². The lowest BCUT2D eigenvalue weighted by molar-refractivity contribution is 0.0924. The minimum absolute atomic E-state index is 0.0917. The number of nitrogens with one attached hydrogen (secondary N) is 1. The number of rotatable bonds is 6. The number of amides is 2. The zero-order valence-corrected chi connectivity index (χ0v) is 14.4. The highest BCUT2D eigenvalue weighted by Gasteiger charge is 2.34. The van der Waals surface area contributed by atoms with Crippen LogP contribution in [0, 0.1) is 5.92 Å². The van der Waals surface area contributed by atoms with Crippen molar-refractivity contribution in [1.29, 1.82) is 0 Å². The fraction of sp³-hybridized carbons (Fsp3) is 0.467. The van der Waals surface area contributed by atoms with Gasteiger partial charge in [0.25, 0.3) is 5.91 Å². The molecular weight excluding hydrogens is 334 g/mol. The molecule has 0 saturated carbocycles. The molecule has 1 fully saturated rings. The summed E-state index contributed by atoms with van der Waals surface area (Å²) in [5.41, 5.74) is 5.83. The van der Waals surface area contributed by atoms with Crippen molar-refractivity contribution in [2.45, 2.75) is 6.04 Å². The lowest BCUT2D eigenvalue weighted by Crippen LogP contribution is -2.43. The van der Waals surface area contributed by atoms with E-state index in [0.29, 0.717) is 11.1 Å². The highest BCUT2D eigenvalue weighted by Crippen LogP contribution is 2.18. The van der Waals surface area contributed by atoms with E-state index in [2.05, 4.69) is 5.32 Å². The molecule has 0 aliphatic carbocycles. The minimum Gasteiger partial charge on any atom is -0.379 e. The summed E-state index contributed by atoms with van der Waals surface area (Å²) in [6.45, 7) is 0.539. The topological polar surface area (TPSA) is 119 Å². The lowest BCUT2D eigenvalue weighted by Gasteiger charge is -2.21. The van der Waals surface area contributed by atoms with Crippen LogP contribution in [0.5, 0.6) is 0 Å². The standard InChI is InChI=1S/C15H21N3O5S/c1-18(2)24(21,22)9-12-7-23-8-13(12)17-15(20)11-5-3-10(4-6-11)14(16)19/h3-6,12-13H,7-9H2,1-2H3,(H2,16,19)(H,17,20)/t12-,13+/m0/s1. The van der Waals surface area contributed by atoms with Crippen molar-refractivity contribution < 1.29 is 22.7 Å². The van der Waals surface area contributed by atoms with Gasteiger partial charge in [0.2, 0.25) is 15.9 Å². The van der Waals surface area contributed by atoms with Crippen LogP contribution in [0.3, 0.4) is 0 Å². The first kappa shape index (κ1) is 18.4. The Morgan fingerprint density at radius 2 is 1.79 bits per heavy atom. The van der Waals surface area contributed by atoms with Crippen LogP contribution in [-0.4, -0.2) is 63.6 Å². The molecule has 24 heavy (non-hydrogen) atoms. The smallest absolute Gasteiger partial charge is 0.251 e. The van der Waals surface area contributed by atoms with Gasteiger partial charge in [0.1, 0.15) is 0 Å². The molecule has 1 aliphatic rings. The minimum atomic E-state index is -3.38. The molecule has 0 unspecified atom stereocenters. The van der Waals surface area contributed by atoms with Gasteiger partial charge in [0, 0.05) is 31.1 Å². The van der Waals surface area contributed by atoms with E-state index in [0.717, 1.165) is 4.31 Å². The van der Waals surface area contributed by atoms with E-state index < -0.39 is 15.9 Å². The average Bonchev–Trinajstić information content (AvgIpc) is 2.93. The quantitative estimate of drug-likeness (QED) is 0.708. The lowest BCUT2D eigenvalue weighted by atomic mass is 10.1. The van der Waals surface area contributed by atoms with E-state index in [-0.39, 0.29) is 36.8 Å². The Bertz CT molecular complexity index is 715. The predicted molar refractivity (Wildman–Crippen MR) is 88.0 cm³/mol. The first-order valence-corrected chi connectivity index (χ1v) is 9.00. The molecule has 2 amide bonds. The number of carbonyl (C=O) groups excluding carboxylic acids is 2. The van der Waals surface area contributed by atoms with Crippen LogP contribution in [0.25, 0.3) is 0 Å². The van der Waals surface area contributed by atoms with Gasteiger partial charge in [0.15, 0.2) is 0 Å². The molecule has 1 aromatic rings. The Labute approximate surface area is 141 Å². The van der Waals surface area contributed by atoms with E-state index in [1.165, 1.54) is 38.4 Å². The van der Waals surface area contributed by atoms with Crippen molar-refractivity contribution in [3.05, 3.63) is 35.4 Å². The highest BCUT2D eigenvalue weighted by molar-refractivity contribution is 7.89. The molecule has 0 aromatic heterocycles. The molecule has 1 saturated heterocycles. The number of benzene rings is 1. The maximum atomic E-state index is 12.3. The highest BCUT2D eigenvalue weighted by atomic mass is 32.2. The Morgan fingerprint density at radius 3 is 2.33 bits per heavy atom. The number of primary amides is 1. The van der Waals surface area contributed by atoms with Gasteiger partial charge in [-0.25, -0.2) is 12.7 Å². The van der Waals surface area contributed by atoms with E-state index in [9.17, 15) is 18.0 Å². The molecule has 2 atom stereocenters. The van der Waals surface area contributed by atoms with Gasteiger partial charge in [-0.2, -0.15) is 0 Å².